The van der Waals surface area contributed by atoms with Crippen molar-refractivity contribution in [2.75, 3.05) is 7.11 Å². The van der Waals surface area contributed by atoms with E-state index in [0.717, 1.165) is 11.4 Å². The Morgan fingerprint density at radius 1 is 1.16 bits per heavy atom. The van der Waals surface area contributed by atoms with Crippen LogP contribution in [0.15, 0.2) is 24.4 Å². The van der Waals surface area contributed by atoms with Crippen molar-refractivity contribution in [2.45, 2.75) is 46.0 Å². The Kier molecular flexibility index (Phi) is 3.53. The summed E-state index contributed by atoms with van der Waals surface area (Å²) >= 11 is 0. The second kappa shape index (κ2) is 4.84. The first-order valence-corrected chi connectivity index (χ1v) is 6.81. The summed E-state index contributed by atoms with van der Waals surface area (Å²) in [6.45, 7) is 11.0. The number of benzene rings is 1. The predicted molar refractivity (Wildman–Crippen MR) is 81.1 cm³/mol. The van der Waals surface area contributed by atoms with Crippen LogP contribution >= 0.6 is 0 Å². The molecule has 0 fully saturated rings. The smallest absolute Gasteiger partial charge is 0.122 e. The lowest BCUT2D eigenvalue weighted by Gasteiger charge is -2.21. The van der Waals surface area contributed by atoms with E-state index in [0.29, 0.717) is 5.92 Å². The summed E-state index contributed by atoms with van der Waals surface area (Å²) in [6, 6.07) is 6.42. The Labute approximate surface area is 115 Å². The molecular formula is C17H23NO. The summed E-state index contributed by atoms with van der Waals surface area (Å²) in [4.78, 5) is 4.59. The maximum Gasteiger partial charge on any atom is 0.122 e. The summed E-state index contributed by atoms with van der Waals surface area (Å²) in [5.41, 5.74) is 2.44. The lowest BCUT2D eigenvalue weighted by molar-refractivity contribution is 0.408. The minimum Gasteiger partial charge on any atom is -0.496 e. The average molecular weight is 257 g/mol. The number of methoxy groups -OCH3 is 1. The van der Waals surface area contributed by atoms with E-state index in [4.69, 9.17) is 4.74 Å². The molecule has 0 bridgehead atoms. The lowest BCUT2D eigenvalue weighted by Crippen LogP contribution is -2.14. The molecule has 0 atom stereocenters. The van der Waals surface area contributed by atoms with E-state index in [2.05, 4.69) is 57.8 Å². The quantitative estimate of drug-likeness (QED) is 0.780. The fourth-order valence-electron chi connectivity index (χ4n) is 2.44. The summed E-state index contributed by atoms with van der Waals surface area (Å²) in [7, 11) is 1.74. The third kappa shape index (κ3) is 2.58. The number of fused-ring (bicyclic) bond motifs is 1. The highest BCUT2D eigenvalue weighted by molar-refractivity contribution is 5.87. The van der Waals surface area contributed by atoms with Crippen LogP contribution in [-0.4, -0.2) is 12.1 Å². The predicted octanol–water partition coefficient (Wildman–Crippen LogP) is 4.66. The summed E-state index contributed by atoms with van der Waals surface area (Å²) in [5.74, 6) is 1.40. The Morgan fingerprint density at radius 3 is 2.37 bits per heavy atom. The van der Waals surface area contributed by atoms with Gasteiger partial charge in [0.2, 0.25) is 0 Å². The topological polar surface area (TPSA) is 22.1 Å². The first kappa shape index (κ1) is 13.9. The van der Waals surface area contributed by atoms with Crippen LogP contribution in [0.1, 0.15) is 51.8 Å². The second-order valence-corrected chi connectivity index (χ2v) is 6.38. The van der Waals surface area contributed by atoms with E-state index in [1.165, 1.54) is 16.3 Å². The Morgan fingerprint density at radius 2 is 1.84 bits per heavy atom. The number of hydrogen-bond donors (Lipinski definition) is 0. The number of rotatable bonds is 2. The monoisotopic (exact) mass is 257 g/mol. The number of hydrogen-bond acceptors (Lipinski definition) is 2. The van der Waals surface area contributed by atoms with Gasteiger partial charge in [-0.25, -0.2) is 0 Å². The van der Waals surface area contributed by atoms with E-state index in [-0.39, 0.29) is 5.41 Å². The molecule has 0 saturated carbocycles. The third-order valence-corrected chi connectivity index (χ3v) is 3.45. The molecule has 0 unspecified atom stereocenters. The van der Waals surface area contributed by atoms with Gasteiger partial charge in [0.25, 0.3) is 0 Å². The van der Waals surface area contributed by atoms with Gasteiger partial charge in [0, 0.05) is 17.0 Å². The second-order valence-electron chi connectivity index (χ2n) is 6.38. The van der Waals surface area contributed by atoms with Crippen LogP contribution in [0.25, 0.3) is 10.8 Å². The van der Waals surface area contributed by atoms with Crippen molar-refractivity contribution < 1.29 is 4.74 Å². The minimum atomic E-state index is 0.0440. The zero-order valence-corrected chi connectivity index (χ0v) is 12.7. The van der Waals surface area contributed by atoms with Gasteiger partial charge in [0.05, 0.1) is 12.8 Å². The first-order valence-electron chi connectivity index (χ1n) is 6.81. The van der Waals surface area contributed by atoms with Crippen molar-refractivity contribution in [3.05, 3.63) is 35.7 Å². The molecule has 0 spiro atoms. The Bertz CT molecular complexity index is 594. The first-order chi connectivity index (χ1) is 8.84. The van der Waals surface area contributed by atoms with E-state index >= 15 is 0 Å². The van der Waals surface area contributed by atoms with Crippen LogP contribution in [0.2, 0.25) is 0 Å². The zero-order valence-electron chi connectivity index (χ0n) is 12.7. The summed E-state index contributed by atoms with van der Waals surface area (Å²) in [6.07, 6.45) is 1.89. The Hall–Kier alpha value is -1.57. The van der Waals surface area contributed by atoms with Gasteiger partial charge in [0.1, 0.15) is 5.75 Å². The molecule has 1 heterocycles. The van der Waals surface area contributed by atoms with E-state index in [9.17, 15) is 0 Å². The fraction of sp³-hybridized carbons (Fsp3) is 0.471. The Balaban J connectivity index is 2.79. The molecule has 19 heavy (non-hydrogen) atoms. The number of nitrogens with zero attached hydrogens (tertiary/aromatic N) is 1. The van der Waals surface area contributed by atoms with Gasteiger partial charge in [-0.3, -0.25) is 4.98 Å². The highest BCUT2D eigenvalue weighted by Gasteiger charge is 2.20. The largest absolute Gasteiger partial charge is 0.496 e. The van der Waals surface area contributed by atoms with Crippen LogP contribution in [0.4, 0.5) is 0 Å². The fourth-order valence-corrected chi connectivity index (χ4v) is 2.44. The molecule has 0 aliphatic rings. The van der Waals surface area contributed by atoms with Gasteiger partial charge in [0.15, 0.2) is 0 Å². The van der Waals surface area contributed by atoms with Crippen molar-refractivity contribution in [1.29, 1.82) is 0 Å². The molecule has 0 amide bonds. The van der Waals surface area contributed by atoms with Crippen LogP contribution in [0.5, 0.6) is 5.75 Å². The molecule has 0 aliphatic carbocycles. The van der Waals surface area contributed by atoms with Crippen molar-refractivity contribution in [1.82, 2.24) is 4.98 Å². The van der Waals surface area contributed by atoms with E-state index in [1.807, 2.05) is 6.20 Å². The van der Waals surface area contributed by atoms with Gasteiger partial charge in [-0.2, -0.15) is 0 Å². The average Bonchev–Trinajstić information content (AvgIpc) is 2.35. The SMILES string of the molecule is COc1cc2ccnc(C(C)(C)C)c2cc1C(C)C. The number of pyridine rings is 1. The molecule has 1 aromatic heterocycles. The zero-order chi connectivity index (χ0) is 14.2. The van der Waals surface area contributed by atoms with Crippen LogP contribution in [-0.2, 0) is 5.41 Å². The number of aromatic nitrogens is 1. The van der Waals surface area contributed by atoms with Crippen molar-refractivity contribution in [3.63, 3.8) is 0 Å². The van der Waals surface area contributed by atoms with Gasteiger partial charge in [-0.05, 0) is 35.1 Å². The van der Waals surface area contributed by atoms with Crippen molar-refractivity contribution in [3.8, 4) is 5.75 Å². The van der Waals surface area contributed by atoms with Gasteiger partial charge in [-0.15, -0.1) is 0 Å². The van der Waals surface area contributed by atoms with Crippen molar-refractivity contribution >= 4 is 10.8 Å². The maximum absolute atomic E-state index is 5.52. The van der Waals surface area contributed by atoms with Crippen LogP contribution < -0.4 is 4.74 Å². The van der Waals surface area contributed by atoms with Crippen LogP contribution in [0, 0.1) is 0 Å². The van der Waals surface area contributed by atoms with Gasteiger partial charge >= 0.3 is 0 Å². The number of ether oxygens (including phenoxy) is 1. The molecule has 2 nitrogen and oxygen atoms in total. The molecule has 2 heteroatoms. The van der Waals surface area contributed by atoms with Gasteiger partial charge in [-0.1, -0.05) is 34.6 Å². The summed E-state index contributed by atoms with van der Waals surface area (Å²) in [5, 5.41) is 2.43. The molecule has 2 rings (SSSR count). The molecule has 1 aromatic carbocycles. The van der Waals surface area contributed by atoms with E-state index in [1.54, 1.807) is 7.11 Å². The maximum atomic E-state index is 5.52. The third-order valence-electron chi connectivity index (χ3n) is 3.45. The molecule has 0 N–H and O–H groups in total. The molecule has 0 saturated heterocycles. The molecule has 0 radical (unpaired) electrons. The minimum absolute atomic E-state index is 0.0440. The highest BCUT2D eigenvalue weighted by atomic mass is 16.5. The lowest BCUT2D eigenvalue weighted by atomic mass is 9.87. The van der Waals surface area contributed by atoms with Gasteiger partial charge < -0.3 is 4.74 Å². The molecule has 2 aromatic rings. The standard InChI is InChI=1S/C17H23NO/c1-11(2)13-10-14-12(9-15(13)19-6)7-8-18-16(14)17(3,4)5/h7-11H,1-6H3. The van der Waals surface area contributed by atoms with Crippen molar-refractivity contribution in [2.24, 2.45) is 0 Å². The molecule has 0 aliphatic heterocycles. The summed E-state index contributed by atoms with van der Waals surface area (Å²) < 4.78 is 5.52. The molecule has 102 valence electrons. The highest BCUT2D eigenvalue weighted by Crippen LogP contribution is 2.35. The normalized spacial score (nSPS) is 12.2. The molecular weight excluding hydrogens is 234 g/mol. The van der Waals surface area contributed by atoms with Crippen LogP contribution in [0.3, 0.4) is 0 Å². The van der Waals surface area contributed by atoms with E-state index < -0.39 is 0 Å².